The second-order valence-corrected chi connectivity index (χ2v) is 6.32. The highest BCUT2D eigenvalue weighted by molar-refractivity contribution is 7.09. The van der Waals surface area contributed by atoms with Gasteiger partial charge in [0.25, 0.3) is 0 Å². The number of thiazole rings is 1. The number of fused-ring (bicyclic) bond motifs is 1. The van der Waals surface area contributed by atoms with Gasteiger partial charge in [-0.3, -0.25) is 4.90 Å². The van der Waals surface area contributed by atoms with E-state index in [0.717, 1.165) is 23.9 Å². The summed E-state index contributed by atoms with van der Waals surface area (Å²) in [6.45, 7) is 3.03. The minimum atomic E-state index is -0.590. The molecule has 0 spiro atoms. The summed E-state index contributed by atoms with van der Waals surface area (Å²) in [6, 6.07) is 3.84. The zero-order chi connectivity index (χ0) is 15.8. The van der Waals surface area contributed by atoms with Gasteiger partial charge in [-0.2, -0.15) is 0 Å². The molecule has 0 N–H and O–H groups in total. The van der Waals surface area contributed by atoms with Crippen LogP contribution in [-0.2, 0) is 19.6 Å². The van der Waals surface area contributed by atoms with Gasteiger partial charge in [0.1, 0.15) is 28.8 Å². The Balaban J connectivity index is 1.53. The van der Waals surface area contributed by atoms with Crippen LogP contribution in [0.3, 0.4) is 0 Å². The zero-order valence-electron chi connectivity index (χ0n) is 12.1. The average molecular weight is 333 g/mol. The molecule has 1 aliphatic heterocycles. The molecule has 3 aromatic rings. The Kier molecular flexibility index (Phi) is 3.62. The molecular formula is C15H13F2N5S. The molecule has 0 saturated carbocycles. The van der Waals surface area contributed by atoms with E-state index in [0.29, 0.717) is 18.8 Å². The number of aromatic nitrogens is 4. The molecule has 0 atom stereocenters. The second-order valence-electron chi connectivity index (χ2n) is 5.37. The second kappa shape index (κ2) is 5.78. The summed E-state index contributed by atoms with van der Waals surface area (Å²) in [5.74, 6) is -0.256. The van der Waals surface area contributed by atoms with E-state index in [4.69, 9.17) is 0 Å². The summed E-state index contributed by atoms with van der Waals surface area (Å²) in [4.78, 5) is 6.59. The van der Waals surface area contributed by atoms with E-state index >= 15 is 0 Å². The number of halogens is 2. The highest BCUT2D eigenvalue weighted by Crippen LogP contribution is 2.28. The van der Waals surface area contributed by atoms with Crippen LogP contribution < -0.4 is 0 Å². The molecule has 1 aromatic carbocycles. The fourth-order valence-corrected chi connectivity index (χ4v) is 3.51. The summed E-state index contributed by atoms with van der Waals surface area (Å²) in [5.41, 5.74) is 0.286. The van der Waals surface area contributed by atoms with Crippen molar-refractivity contribution in [3.8, 4) is 11.3 Å². The van der Waals surface area contributed by atoms with Crippen molar-refractivity contribution in [1.29, 1.82) is 0 Å². The molecule has 0 amide bonds. The third kappa shape index (κ3) is 2.75. The number of hydrogen-bond donors (Lipinski definition) is 0. The van der Waals surface area contributed by atoms with Crippen molar-refractivity contribution in [2.24, 2.45) is 0 Å². The van der Waals surface area contributed by atoms with Gasteiger partial charge in [0.2, 0.25) is 0 Å². The van der Waals surface area contributed by atoms with E-state index in [-0.39, 0.29) is 5.56 Å². The smallest absolute Gasteiger partial charge is 0.147 e. The SMILES string of the molecule is Fc1cccc(F)c1-c1csc(CN2CCn3cnnc3C2)n1. The maximum absolute atomic E-state index is 13.8. The van der Waals surface area contributed by atoms with Crippen LogP contribution >= 0.6 is 11.3 Å². The van der Waals surface area contributed by atoms with Gasteiger partial charge in [0, 0.05) is 18.5 Å². The molecule has 8 heteroatoms. The fourth-order valence-electron chi connectivity index (χ4n) is 2.68. The van der Waals surface area contributed by atoms with Crippen LogP contribution in [0, 0.1) is 11.6 Å². The van der Waals surface area contributed by atoms with E-state index in [9.17, 15) is 8.78 Å². The van der Waals surface area contributed by atoms with Crippen molar-refractivity contribution in [2.75, 3.05) is 6.54 Å². The monoisotopic (exact) mass is 333 g/mol. The van der Waals surface area contributed by atoms with Gasteiger partial charge in [-0.1, -0.05) is 6.07 Å². The van der Waals surface area contributed by atoms with Crippen molar-refractivity contribution >= 4 is 11.3 Å². The Morgan fingerprint density at radius 3 is 2.83 bits per heavy atom. The third-order valence-electron chi connectivity index (χ3n) is 3.85. The van der Waals surface area contributed by atoms with Crippen molar-refractivity contribution < 1.29 is 8.78 Å². The fraction of sp³-hybridized carbons (Fsp3) is 0.267. The minimum Gasteiger partial charge on any atom is -0.315 e. The molecule has 118 valence electrons. The summed E-state index contributed by atoms with van der Waals surface area (Å²) < 4.78 is 29.7. The first-order valence-corrected chi connectivity index (χ1v) is 8.06. The van der Waals surface area contributed by atoms with Gasteiger partial charge in [-0.05, 0) is 12.1 Å². The lowest BCUT2D eigenvalue weighted by molar-refractivity contribution is 0.208. The lowest BCUT2D eigenvalue weighted by Crippen LogP contribution is -2.33. The van der Waals surface area contributed by atoms with E-state index in [1.54, 1.807) is 11.7 Å². The molecule has 0 saturated heterocycles. The molecule has 0 unspecified atom stereocenters. The van der Waals surface area contributed by atoms with Crippen LogP contribution in [0.1, 0.15) is 10.8 Å². The Labute approximate surface area is 135 Å². The molecule has 5 nitrogen and oxygen atoms in total. The summed E-state index contributed by atoms with van der Waals surface area (Å²) in [5, 5.41) is 10.5. The number of nitrogens with zero attached hydrogens (tertiary/aromatic N) is 5. The van der Waals surface area contributed by atoms with Crippen LogP contribution in [0.5, 0.6) is 0 Å². The maximum Gasteiger partial charge on any atom is 0.147 e. The number of hydrogen-bond acceptors (Lipinski definition) is 5. The van der Waals surface area contributed by atoms with E-state index in [1.165, 1.54) is 29.5 Å². The summed E-state index contributed by atoms with van der Waals surface area (Å²) in [6.07, 6.45) is 1.73. The first-order valence-electron chi connectivity index (χ1n) is 7.18. The Morgan fingerprint density at radius 2 is 2.00 bits per heavy atom. The lowest BCUT2D eigenvalue weighted by atomic mass is 10.1. The first-order chi connectivity index (χ1) is 11.2. The predicted molar refractivity (Wildman–Crippen MR) is 81.6 cm³/mol. The minimum absolute atomic E-state index is 0.0617. The standard InChI is InChI=1S/C15H13F2N5S/c16-10-2-1-3-11(17)15(10)12-8-23-14(19-12)7-21-4-5-22-9-18-20-13(22)6-21/h1-3,8-9H,4-7H2. The Bertz CT molecular complexity index is 824. The van der Waals surface area contributed by atoms with Gasteiger partial charge in [0.05, 0.1) is 24.3 Å². The van der Waals surface area contributed by atoms with Gasteiger partial charge in [-0.25, -0.2) is 13.8 Å². The van der Waals surface area contributed by atoms with Gasteiger partial charge in [-0.15, -0.1) is 21.5 Å². The molecule has 0 bridgehead atoms. The quantitative estimate of drug-likeness (QED) is 0.739. The number of rotatable bonds is 3. The van der Waals surface area contributed by atoms with Crippen molar-refractivity contribution in [2.45, 2.75) is 19.6 Å². The van der Waals surface area contributed by atoms with E-state index in [1.807, 2.05) is 4.57 Å². The van der Waals surface area contributed by atoms with Crippen LogP contribution in [0.2, 0.25) is 0 Å². The van der Waals surface area contributed by atoms with Gasteiger partial charge >= 0.3 is 0 Å². The molecule has 0 fully saturated rings. The zero-order valence-corrected chi connectivity index (χ0v) is 12.9. The van der Waals surface area contributed by atoms with Crippen molar-refractivity contribution in [3.05, 3.63) is 52.4 Å². The molecule has 1 aliphatic rings. The molecule has 4 rings (SSSR count). The molecule has 2 aromatic heterocycles. The van der Waals surface area contributed by atoms with Crippen LogP contribution in [0.15, 0.2) is 29.9 Å². The highest BCUT2D eigenvalue weighted by Gasteiger charge is 2.20. The van der Waals surface area contributed by atoms with Crippen LogP contribution in [0.25, 0.3) is 11.3 Å². The molecular weight excluding hydrogens is 320 g/mol. The molecule has 23 heavy (non-hydrogen) atoms. The Morgan fingerprint density at radius 1 is 1.17 bits per heavy atom. The van der Waals surface area contributed by atoms with Crippen molar-refractivity contribution in [3.63, 3.8) is 0 Å². The Hall–Kier alpha value is -2.19. The highest BCUT2D eigenvalue weighted by atomic mass is 32.1. The van der Waals surface area contributed by atoms with Gasteiger partial charge in [0.15, 0.2) is 0 Å². The number of benzene rings is 1. The van der Waals surface area contributed by atoms with E-state index in [2.05, 4.69) is 20.1 Å². The third-order valence-corrected chi connectivity index (χ3v) is 4.68. The lowest BCUT2D eigenvalue weighted by Gasteiger charge is -2.25. The average Bonchev–Trinajstić information content (AvgIpc) is 3.16. The maximum atomic E-state index is 13.8. The molecule has 0 radical (unpaired) electrons. The topological polar surface area (TPSA) is 46.8 Å². The van der Waals surface area contributed by atoms with Gasteiger partial charge < -0.3 is 4.57 Å². The predicted octanol–water partition coefficient (Wildman–Crippen LogP) is 2.70. The van der Waals surface area contributed by atoms with Crippen molar-refractivity contribution in [1.82, 2.24) is 24.6 Å². The largest absolute Gasteiger partial charge is 0.315 e. The molecule has 3 heterocycles. The normalized spacial score (nSPS) is 14.9. The van der Waals surface area contributed by atoms with E-state index < -0.39 is 11.6 Å². The first kappa shape index (κ1) is 14.4. The van der Waals surface area contributed by atoms with Crippen LogP contribution in [0.4, 0.5) is 8.78 Å². The van der Waals surface area contributed by atoms with Crippen LogP contribution in [-0.4, -0.2) is 31.2 Å². The summed E-state index contributed by atoms with van der Waals surface area (Å²) in [7, 11) is 0. The summed E-state index contributed by atoms with van der Waals surface area (Å²) >= 11 is 1.41. The molecule has 0 aliphatic carbocycles.